The van der Waals surface area contributed by atoms with Crippen molar-refractivity contribution in [3.63, 3.8) is 0 Å². The van der Waals surface area contributed by atoms with Crippen molar-refractivity contribution in [1.82, 2.24) is 24.5 Å². The largest absolute Gasteiger partial charge is 0.493 e. The van der Waals surface area contributed by atoms with E-state index in [4.69, 9.17) is 9.47 Å². The molecule has 8 nitrogen and oxygen atoms in total. The van der Waals surface area contributed by atoms with Gasteiger partial charge >= 0.3 is 0 Å². The highest BCUT2D eigenvalue weighted by Crippen LogP contribution is 2.23. The number of ether oxygens (including phenoxy) is 2. The first-order chi connectivity index (χ1) is 14.9. The highest BCUT2D eigenvalue weighted by Gasteiger charge is 2.28. The second-order valence-electron chi connectivity index (χ2n) is 7.37. The Morgan fingerprint density at radius 2 is 2.10 bits per heavy atom. The minimum absolute atomic E-state index is 0.0857. The molecule has 0 spiro atoms. The Morgan fingerprint density at radius 3 is 2.84 bits per heavy atom. The van der Waals surface area contributed by atoms with Crippen LogP contribution in [0.25, 0.3) is 0 Å². The quantitative estimate of drug-likeness (QED) is 0.599. The topological polar surface area (TPSA) is 74.4 Å². The summed E-state index contributed by atoms with van der Waals surface area (Å²) < 4.78 is 41.0. The summed E-state index contributed by atoms with van der Waals surface area (Å²) in [5, 5.41) is 8.58. The van der Waals surface area contributed by atoms with E-state index in [1.165, 1.54) is 6.07 Å². The lowest BCUT2D eigenvalue weighted by atomic mass is 10.1. The normalized spacial score (nSPS) is 16.5. The molecule has 3 heterocycles. The standard InChI is InChI=1S/C21H23F2N5O3/c1-26-12-14(11-24-26)21(29)28-6-8-31-20(13-28)19-9-15(27(2)25-19)5-7-30-16-3-4-17(22)18(23)10-16/h3-4,9-12,20H,5-8,13H2,1-2H3/t20-/m0/s1. The van der Waals surface area contributed by atoms with Gasteiger partial charge in [-0.05, 0) is 18.2 Å². The minimum Gasteiger partial charge on any atom is -0.493 e. The van der Waals surface area contributed by atoms with Gasteiger partial charge in [-0.3, -0.25) is 14.2 Å². The fourth-order valence-electron chi connectivity index (χ4n) is 3.49. The summed E-state index contributed by atoms with van der Waals surface area (Å²) >= 11 is 0. The fraction of sp³-hybridized carbons (Fsp3) is 0.381. The number of aryl methyl sites for hydroxylation is 2. The van der Waals surface area contributed by atoms with Gasteiger partial charge in [-0.25, -0.2) is 8.78 Å². The SMILES string of the molecule is Cn1cc(C(=O)N2CCO[C@H](c3cc(CCOc4ccc(F)c(F)c4)n(C)n3)C2)cn1. The molecule has 3 aromatic rings. The Balaban J connectivity index is 1.37. The molecule has 1 saturated heterocycles. The molecule has 164 valence electrons. The van der Waals surface area contributed by atoms with Gasteiger partial charge in [0.05, 0.1) is 37.2 Å². The van der Waals surface area contributed by atoms with E-state index >= 15 is 0 Å². The predicted molar refractivity (Wildman–Crippen MR) is 107 cm³/mol. The van der Waals surface area contributed by atoms with E-state index < -0.39 is 11.6 Å². The number of morpholine rings is 1. The Bertz CT molecular complexity index is 1080. The number of hydrogen-bond donors (Lipinski definition) is 0. The van der Waals surface area contributed by atoms with Gasteiger partial charge in [0, 0.05) is 45.0 Å². The molecule has 1 atom stereocenters. The number of nitrogens with zero attached hydrogens (tertiary/aromatic N) is 5. The third-order valence-electron chi connectivity index (χ3n) is 5.15. The molecule has 4 rings (SSSR count). The van der Waals surface area contributed by atoms with E-state index in [1.807, 2.05) is 13.1 Å². The molecule has 31 heavy (non-hydrogen) atoms. The van der Waals surface area contributed by atoms with Crippen LogP contribution in [0.1, 0.15) is 27.8 Å². The van der Waals surface area contributed by atoms with Gasteiger partial charge in [-0.2, -0.15) is 10.2 Å². The van der Waals surface area contributed by atoms with Crippen LogP contribution in [0.5, 0.6) is 5.75 Å². The van der Waals surface area contributed by atoms with E-state index in [1.54, 1.807) is 33.7 Å². The third kappa shape index (κ3) is 4.74. The molecule has 0 bridgehead atoms. The Morgan fingerprint density at radius 1 is 1.26 bits per heavy atom. The number of halogens is 2. The van der Waals surface area contributed by atoms with Crippen molar-refractivity contribution in [2.24, 2.45) is 14.1 Å². The van der Waals surface area contributed by atoms with Crippen molar-refractivity contribution in [2.75, 3.05) is 26.3 Å². The average Bonchev–Trinajstić information content (AvgIpc) is 3.36. The van der Waals surface area contributed by atoms with Crippen LogP contribution < -0.4 is 4.74 Å². The molecule has 0 unspecified atom stereocenters. The van der Waals surface area contributed by atoms with Gasteiger partial charge in [0.15, 0.2) is 11.6 Å². The van der Waals surface area contributed by atoms with Crippen molar-refractivity contribution in [1.29, 1.82) is 0 Å². The first-order valence-electron chi connectivity index (χ1n) is 9.91. The molecule has 0 aliphatic carbocycles. The summed E-state index contributed by atoms with van der Waals surface area (Å²) in [5.74, 6) is -1.67. The minimum atomic E-state index is -0.944. The monoisotopic (exact) mass is 431 g/mol. The van der Waals surface area contributed by atoms with Gasteiger partial charge in [-0.15, -0.1) is 0 Å². The van der Waals surface area contributed by atoms with Crippen molar-refractivity contribution < 1.29 is 23.0 Å². The number of benzene rings is 1. The number of amides is 1. The zero-order valence-electron chi connectivity index (χ0n) is 17.3. The molecular formula is C21H23F2N5O3. The molecule has 1 fully saturated rings. The lowest BCUT2D eigenvalue weighted by molar-refractivity contribution is -0.0249. The van der Waals surface area contributed by atoms with Crippen molar-refractivity contribution in [3.8, 4) is 5.75 Å². The van der Waals surface area contributed by atoms with Crippen LogP contribution in [0.3, 0.4) is 0 Å². The lowest BCUT2D eigenvalue weighted by Gasteiger charge is -2.31. The molecule has 0 saturated carbocycles. The molecular weight excluding hydrogens is 408 g/mol. The number of aromatic nitrogens is 4. The highest BCUT2D eigenvalue weighted by atomic mass is 19.2. The average molecular weight is 431 g/mol. The summed E-state index contributed by atoms with van der Waals surface area (Å²) in [7, 11) is 3.59. The van der Waals surface area contributed by atoms with Gasteiger partial charge < -0.3 is 14.4 Å². The maximum absolute atomic E-state index is 13.3. The number of carbonyl (C=O) groups is 1. The lowest BCUT2D eigenvalue weighted by Crippen LogP contribution is -2.42. The van der Waals surface area contributed by atoms with Crippen LogP contribution in [0.15, 0.2) is 36.7 Å². The molecule has 2 aromatic heterocycles. The smallest absolute Gasteiger partial charge is 0.257 e. The molecule has 1 amide bonds. The molecule has 0 N–H and O–H groups in total. The zero-order valence-corrected chi connectivity index (χ0v) is 17.3. The Hall–Kier alpha value is -3.27. The van der Waals surface area contributed by atoms with Crippen LogP contribution in [0.4, 0.5) is 8.78 Å². The number of hydrogen-bond acceptors (Lipinski definition) is 5. The van der Waals surface area contributed by atoms with Crippen molar-refractivity contribution in [3.05, 3.63) is 65.2 Å². The van der Waals surface area contributed by atoms with E-state index in [0.717, 1.165) is 23.5 Å². The maximum Gasteiger partial charge on any atom is 0.257 e. The fourth-order valence-corrected chi connectivity index (χ4v) is 3.49. The summed E-state index contributed by atoms with van der Waals surface area (Å²) in [6, 6.07) is 5.35. The van der Waals surface area contributed by atoms with Crippen LogP contribution in [-0.4, -0.2) is 56.7 Å². The van der Waals surface area contributed by atoms with Gasteiger partial charge in [0.25, 0.3) is 5.91 Å². The summed E-state index contributed by atoms with van der Waals surface area (Å²) in [6.45, 7) is 1.60. The molecule has 10 heteroatoms. The highest BCUT2D eigenvalue weighted by molar-refractivity contribution is 5.93. The number of carbonyl (C=O) groups excluding carboxylic acids is 1. The number of rotatable bonds is 6. The Labute approximate surface area is 178 Å². The predicted octanol–water partition coefficient (Wildman–Crippen LogP) is 2.27. The van der Waals surface area contributed by atoms with E-state index in [9.17, 15) is 13.6 Å². The third-order valence-corrected chi connectivity index (χ3v) is 5.15. The van der Waals surface area contributed by atoms with Gasteiger partial charge in [-0.1, -0.05) is 0 Å². The van der Waals surface area contributed by atoms with E-state index in [2.05, 4.69) is 10.2 Å². The van der Waals surface area contributed by atoms with Crippen molar-refractivity contribution in [2.45, 2.75) is 12.5 Å². The molecule has 1 aromatic carbocycles. The van der Waals surface area contributed by atoms with Crippen LogP contribution in [0, 0.1) is 11.6 Å². The summed E-state index contributed by atoms with van der Waals surface area (Å²) in [6.07, 6.45) is 3.44. The maximum atomic E-state index is 13.3. The molecule has 1 aliphatic rings. The van der Waals surface area contributed by atoms with E-state index in [-0.39, 0.29) is 24.4 Å². The Kier molecular flexibility index (Phi) is 5.99. The van der Waals surface area contributed by atoms with Crippen LogP contribution >= 0.6 is 0 Å². The summed E-state index contributed by atoms with van der Waals surface area (Å²) in [4.78, 5) is 14.4. The molecule has 1 aliphatic heterocycles. The second kappa shape index (κ2) is 8.84. The first-order valence-corrected chi connectivity index (χ1v) is 9.91. The van der Waals surface area contributed by atoms with Crippen molar-refractivity contribution >= 4 is 5.91 Å². The van der Waals surface area contributed by atoms with Crippen LogP contribution in [0.2, 0.25) is 0 Å². The molecule has 0 radical (unpaired) electrons. The summed E-state index contributed by atoms with van der Waals surface area (Å²) in [5.41, 5.74) is 2.17. The van der Waals surface area contributed by atoms with Crippen LogP contribution in [-0.2, 0) is 25.3 Å². The van der Waals surface area contributed by atoms with E-state index in [0.29, 0.717) is 31.7 Å². The van der Waals surface area contributed by atoms with Gasteiger partial charge in [0.2, 0.25) is 0 Å². The zero-order chi connectivity index (χ0) is 22.0. The van der Waals surface area contributed by atoms with Gasteiger partial charge in [0.1, 0.15) is 11.9 Å². The first kappa shape index (κ1) is 21.0. The second-order valence-corrected chi connectivity index (χ2v) is 7.37.